The van der Waals surface area contributed by atoms with Crippen LogP contribution in [0.1, 0.15) is 33.4 Å². The van der Waals surface area contributed by atoms with Gasteiger partial charge in [-0.15, -0.1) is 5.10 Å². The van der Waals surface area contributed by atoms with E-state index >= 15 is 0 Å². The molecule has 7 nitrogen and oxygen atoms in total. The Balaban J connectivity index is 1.91. The lowest BCUT2D eigenvalue weighted by Crippen LogP contribution is -2.24. The zero-order valence-electron chi connectivity index (χ0n) is 16.3. The predicted molar refractivity (Wildman–Crippen MR) is 109 cm³/mol. The third-order valence-electron chi connectivity index (χ3n) is 4.81. The number of carbonyl (C=O) groups excluding carboxylic acids is 1. The number of benzene rings is 2. The molecule has 0 fully saturated rings. The lowest BCUT2D eigenvalue weighted by Gasteiger charge is -2.27. The fraction of sp³-hybridized carbons (Fsp3) is 0.143. The quantitative estimate of drug-likeness (QED) is 0.571. The summed E-state index contributed by atoms with van der Waals surface area (Å²) in [6.45, 7) is 0. The summed E-state index contributed by atoms with van der Waals surface area (Å²) in [6, 6.07) is 13.5. The summed E-state index contributed by atoms with van der Waals surface area (Å²) in [4.78, 5) is 15.3. The van der Waals surface area contributed by atoms with E-state index < -0.39 is 24.0 Å². The van der Waals surface area contributed by atoms with Gasteiger partial charge in [0.15, 0.2) is 0 Å². The molecule has 0 unspecified atom stereocenters. The number of methoxy groups -OCH3 is 1. The van der Waals surface area contributed by atoms with E-state index in [1.54, 1.807) is 24.3 Å². The largest absolute Gasteiger partial charge is 0.465 e. The monoisotopic (exact) mass is 459 g/mol. The van der Waals surface area contributed by atoms with Gasteiger partial charge in [0.25, 0.3) is 5.82 Å². The minimum Gasteiger partial charge on any atom is -0.465 e. The van der Waals surface area contributed by atoms with Crippen molar-refractivity contribution >= 4 is 29.2 Å². The van der Waals surface area contributed by atoms with Crippen molar-refractivity contribution in [1.29, 1.82) is 5.26 Å². The number of anilines is 1. The Morgan fingerprint density at radius 1 is 1.19 bits per heavy atom. The summed E-state index contributed by atoms with van der Waals surface area (Å²) in [5.41, 5.74) is 1.61. The van der Waals surface area contributed by atoms with Crippen molar-refractivity contribution in [2.75, 3.05) is 12.4 Å². The minimum absolute atomic E-state index is 0.115. The Morgan fingerprint density at radius 3 is 2.41 bits per heavy atom. The molecule has 0 amide bonds. The second kappa shape index (κ2) is 8.01. The highest BCUT2D eigenvalue weighted by molar-refractivity contribution is 6.30. The molecule has 1 aliphatic rings. The normalized spacial score (nSPS) is 15.6. The molecule has 1 aliphatic heterocycles. The molecule has 1 atom stereocenters. The fourth-order valence-corrected chi connectivity index (χ4v) is 3.46. The molecule has 4 rings (SSSR count). The van der Waals surface area contributed by atoms with Crippen molar-refractivity contribution in [3.05, 3.63) is 81.6 Å². The standard InChI is InChI=1S/C21H13ClF3N5O2/c1-32-18(31)13-4-2-12(3-5-13)17-15(10-26)16(11-6-8-14(22)9-7-11)27-20-28-19(21(23,24)25)29-30(17)20/h2-9,17H,1H3,(H,27,28,29)/t17-/m0/s1. The van der Waals surface area contributed by atoms with Crippen LogP contribution in [-0.4, -0.2) is 27.8 Å². The SMILES string of the molecule is COC(=O)c1ccc([C@H]2C(C#N)=C(c3ccc(Cl)cc3)Nc3nc(C(F)(F)F)nn32)cc1. The first-order valence-corrected chi connectivity index (χ1v) is 9.50. The van der Waals surface area contributed by atoms with E-state index in [0.29, 0.717) is 16.1 Å². The van der Waals surface area contributed by atoms with Crippen molar-refractivity contribution in [2.24, 2.45) is 0 Å². The summed E-state index contributed by atoms with van der Waals surface area (Å²) in [5.74, 6) is -2.09. The Labute approximate surface area is 184 Å². The van der Waals surface area contributed by atoms with Gasteiger partial charge in [-0.25, -0.2) is 9.48 Å². The second-order valence-electron chi connectivity index (χ2n) is 6.75. The van der Waals surface area contributed by atoms with Crippen LogP contribution in [0.25, 0.3) is 5.70 Å². The third-order valence-corrected chi connectivity index (χ3v) is 5.06. The highest BCUT2D eigenvalue weighted by Crippen LogP contribution is 2.40. The zero-order chi connectivity index (χ0) is 23.0. The number of nitrogens with one attached hydrogen (secondary N) is 1. The smallest absolute Gasteiger partial charge is 0.453 e. The van der Waals surface area contributed by atoms with Gasteiger partial charge in [-0.05, 0) is 35.4 Å². The summed E-state index contributed by atoms with van der Waals surface area (Å²) in [5, 5.41) is 16.8. The molecule has 1 N–H and O–H groups in total. The molecule has 0 spiro atoms. The molecule has 1 aromatic heterocycles. The molecule has 2 heterocycles. The lowest BCUT2D eigenvalue weighted by atomic mass is 9.93. The van der Waals surface area contributed by atoms with Crippen LogP contribution >= 0.6 is 11.6 Å². The first-order chi connectivity index (χ1) is 15.2. The molecule has 0 saturated carbocycles. The van der Waals surface area contributed by atoms with Gasteiger partial charge in [-0.1, -0.05) is 35.9 Å². The van der Waals surface area contributed by atoms with Crippen LogP contribution < -0.4 is 5.32 Å². The van der Waals surface area contributed by atoms with Gasteiger partial charge < -0.3 is 10.1 Å². The van der Waals surface area contributed by atoms with E-state index in [4.69, 9.17) is 11.6 Å². The van der Waals surface area contributed by atoms with Gasteiger partial charge in [0.05, 0.1) is 30.0 Å². The molecule has 0 aliphatic carbocycles. The molecule has 162 valence electrons. The van der Waals surface area contributed by atoms with E-state index in [1.165, 1.54) is 31.4 Å². The Bertz CT molecular complexity index is 1260. The number of halogens is 4. The van der Waals surface area contributed by atoms with Crippen molar-refractivity contribution in [2.45, 2.75) is 12.2 Å². The van der Waals surface area contributed by atoms with Crippen LogP contribution in [0.3, 0.4) is 0 Å². The van der Waals surface area contributed by atoms with Crippen LogP contribution in [0, 0.1) is 11.3 Å². The molecule has 0 radical (unpaired) electrons. The summed E-state index contributed by atoms with van der Waals surface area (Å²) >= 11 is 5.94. The van der Waals surface area contributed by atoms with Crippen LogP contribution in [0.2, 0.25) is 5.02 Å². The number of nitrogens with zero attached hydrogens (tertiary/aromatic N) is 4. The highest BCUT2D eigenvalue weighted by atomic mass is 35.5. The Kier molecular flexibility index (Phi) is 5.36. The molecular weight excluding hydrogens is 447 g/mol. The topological polar surface area (TPSA) is 92.8 Å². The number of rotatable bonds is 3. The summed E-state index contributed by atoms with van der Waals surface area (Å²) < 4.78 is 45.6. The lowest BCUT2D eigenvalue weighted by molar-refractivity contribution is -0.145. The molecule has 0 bridgehead atoms. The maximum absolute atomic E-state index is 13.3. The maximum Gasteiger partial charge on any atom is 0.453 e. The van der Waals surface area contributed by atoms with Crippen LogP contribution in [0.15, 0.2) is 54.1 Å². The highest BCUT2D eigenvalue weighted by Gasteiger charge is 2.40. The number of alkyl halides is 3. The van der Waals surface area contributed by atoms with Gasteiger partial charge in [0.2, 0.25) is 5.95 Å². The van der Waals surface area contributed by atoms with Gasteiger partial charge in [0, 0.05) is 5.02 Å². The number of ether oxygens (including phenoxy) is 1. The first kappa shape index (κ1) is 21.4. The van der Waals surface area contributed by atoms with E-state index in [0.717, 1.165) is 4.68 Å². The number of nitriles is 1. The van der Waals surface area contributed by atoms with Gasteiger partial charge in [-0.2, -0.15) is 23.4 Å². The van der Waals surface area contributed by atoms with Crippen molar-refractivity contribution in [3.8, 4) is 6.07 Å². The molecule has 0 saturated heterocycles. The first-order valence-electron chi connectivity index (χ1n) is 9.12. The second-order valence-corrected chi connectivity index (χ2v) is 7.19. The van der Waals surface area contributed by atoms with Gasteiger partial charge in [0.1, 0.15) is 6.04 Å². The average molecular weight is 460 g/mol. The predicted octanol–water partition coefficient (Wildman–Crippen LogP) is 4.69. The number of aromatic nitrogens is 3. The maximum atomic E-state index is 13.3. The summed E-state index contributed by atoms with van der Waals surface area (Å²) in [7, 11) is 1.23. The van der Waals surface area contributed by atoms with E-state index in [-0.39, 0.29) is 22.8 Å². The Morgan fingerprint density at radius 2 is 1.84 bits per heavy atom. The zero-order valence-corrected chi connectivity index (χ0v) is 17.1. The van der Waals surface area contributed by atoms with E-state index in [9.17, 15) is 23.2 Å². The van der Waals surface area contributed by atoms with Gasteiger partial charge in [-0.3, -0.25) is 0 Å². The fourth-order valence-electron chi connectivity index (χ4n) is 3.34. The van der Waals surface area contributed by atoms with E-state index in [1.807, 2.05) is 0 Å². The van der Waals surface area contributed by atoms with Crippen molar-refractivity contribution in [1.82, 2.24) is 14.8 Å². The molecular formula is C21H13ClF3N5O2. The number of carbonyl (C=O) groups is 1. The van der Waals surface area contributed by atoms with Crippen LogP contribution in [0.4, 0.5) is 19.1 Å². The molecule has 2 aromatic carbocycles. The third kappa shape index (κ3) is 3.78. The number of hydrogen-bond donors (Lipinski definition) is 1. The average Bonchev–Trinajstić information content (AvgIpc) is 3.22. The Hall–Kier alpha value is -3.84. The summed E-state index contributed by atoms with van der Waals surface area (Å²) in [6.07, 6.45) is -4.78. The number of esters is 1. The molecule has 3 aromatic rings. The molecule has 32 heavy (non-hydrogen) atoms. The minimum atomic E-state index is -4.78. The molecule has 11 heteroatoms. The van der Waals surface area contributed by atoms with Crippen LogP contribution in [0.5, 0.6) is 0 Å². The van der Waals surface area contributed by atoms with E-state index in [2.05, 4.69) is 26.2 Å². The number of hydrogen-bond acceptors (Lipinski definition) is 6. The number of fused-ring (bicyclic) bond motifs is 1. The van der Waals surface area contributed by atoms with Crippen molar-refractivity contribution in [3.63, 3.8) is 0 Å². The van der Waals surface area contributed by atoms with Gasteiger partial charge >= 0.3 is 12.1 Å². The number of allylic oxidation sites excluding steroid dienone is 1. The van der Waals surface area contributed by atoms with Crippen molar-refractivity contribution < 1.29 is 22.7 Å². The van der Waals surface area contributed by atoms with Crippen LogP contribution in [-0.2, 0) is 10.9 Å².